The molecule has 1 atom stereocenters. The highest BCUT2D eigenvalue weighted by Gasteiger charge is 2.28. The van der Waals surface area contributed by atoms with Crippen LogP contribution in [0.2, 0.25) is 0 Å². The summed E-state index contributed by atoms with van der Waals surface area (Å²) in [5.41, 5.74) is 2.36. The zero-order valence-corrected chi connectivity index (χ0v) is 11.6. The summed E-state index contributed by atoms with van der Waals surface area (Å²) in [5.74, 6) is 2.76. The number of phenols is 1. The Morgan fingerprint density at radius 1 is 1.41 bits per heavy atom. The Balaban J connectivity index is 2.03. The molecule has 0 aromatic heterocycles. The monoisotopic (exact) mass is 251 g/mol. The van der Waals surface area contributed by atoms with Gasteiger partial charge >= 0.3 is 0 Å². The van der Waals surface area contributed by atoms with Crippen molar-refractivity contribution in [3.63, 3.8) is 0 Å². The summed E-state index contributed by atoms with van der Waals surface area (Å²) in [6.07, 6.45) is 1.19. The summed E-state index contributed by atoms with van der Waals surface area (Å²) < 4.78 is 0. The molecule has 0 saturated carbocycles. The van der Waals surface area contributed by atoms with E-state index in [1.54, 1.807) is 0 Å². The van der Waals surface area contributed by atoms with Crippen molar-refractivity contribution in [1.82, 2.24) is 0 Å². The number of anilines is 1. The number of phenolic OH excluding ortho intramolecular Hbond substituents is 1. The molecule has 1 fully saturated rings. The second kappa shape index (κ2) is 4.81. The van der Waals surface area contributed by atoms with Crippen LogP contribution in [0.1, 0.15) is 25.8 Å². The van der Waals surface area contributed by atoms with Crippen molar-refractivity contribution in [2.45, 2.75) is 33.2 Å². The van der Waals surface area contributed by atoms with E-state index in [0.29, 0.717) is 17.2 Å². The lowest BCUT2D eigenvalue weighted by molar-refractivity contribution is 0.358. The van der Waals surface area contributed by atoms with Crippen molar-refractivity contribution < 1.29 is 5.11 Å². The third-order valence-corrected chi connectivity index (χ3v) is 4.81. The molecule has 2 N–H and O–H groups in total. The molecule has 17 heavy (non-hydrogen) atoms. The summed E-state index contributed by atoms with van der Waals surface area (Å²) in [5, 5.41) is 13.2. The normalized spacial score (nSPS) is 23.4. The van der Waals surface area contributed by atoms with Crippen LogP contribution in [0.4, 0.5) is 5.69 Å². The predicted octanol–water partition coefficient (Wildman–Crippen LogP) is 3.64. The molecule has 1 aromatic rings. The maximum atomic E-state index is 9.69. The molecule has 94 valence electrons. The van der Waals surface area contributed by atoms with E-state index in [4.69, 9.17) is 0 Å². The highest BCUT2D eigenvalue weighted by molar-refractivity contribution is 7.99. The van der Waals surface area contributed by atoms with E-state index in [1.165, 1.54) is 12.2 Å². The minimum absolute atomic E-state index is 0.373. The van der Waals surface area contributed by atoms with Crippen molar-refractivity contribution in [2.24, 2.45) is 5.41 Å². The van der Waals surface area contributed by atoms with Crippen LogP contribution in [-0.2, 0) is 0 Å². The van der Waals surface area contributed by atoms with E-state index in [1.807, 2.05) is 36.9 Å². The van der Waals surface area contributed by atoms with Crippen LogP contribution in [0.25, 0.3) is 0 Å². The number of nitrogens with one attached hydrogen (secondary N) is 1. The van der Waals surface area contributed by atoms with Crippen LogP contribution in [0, 0.1) is 12.3 Å². The molecule has 2 rings (SSSR count). The van der Waals surface area contributed by atoms with Gasteiger partial charge in [-0.1, -0.05) is 19.9 Å². The van der Waals surface area contributed by atoms with Gasteiger partial charge in [-0.15, -0.1) is 0 Å². The van der Waals surface area contributed by atoms with Gasteiger partial charge in [-0.3, -0.25) is 0 Å². The first-order valence-electron chi connectivity index (χ1n) is 6.10. The number of aryl methyl sites for hydroxylation is 1. The molecular weight excluding hydrogens is 230 g/mol. The Kier molecular flexibility index (Phi) is 3.57. The van der Waals surface area contributed by atoms with Gasteiger partial charge in [-0.25, -0.2) is 0 Å². The van der Waals surface area contributed by atoms with Crippen LogP contribution < -0.4 is 5.32 Å². The molecule has 0 spiro atoms. The molecule has 1 aliphatic heterocycles. The van der Waals surface area contributed by atoms with Crippen LogP contribution in [-0.4, -0.2) is 22.7 Å². The van der Waals surface area contributed by atoms with Gasteiger partial charge in [-0.05, 0) is 36.1 Å². The molecule has 0 radical (unpaired) electrons. The summed E-state index contributed by atoms with van der Waals surface area (Å²) in [7, 11) is 0. The van der Waals surface area contributed by atoms with Crippen molar-refractivity contribution >= 4 is 17.4 Å². The number of rotatable bonds is 2. The Labute approximate surface area is 108 Å². The minimum atomic E-state index is 0.373. The summed E-state index contributed by atoms with van der Waals surface area (Å²) >= 11 is 2.01. The highest BCUT2D eigenvalue weighted by Crippen LogP contribution is 2.35. The Bertz CT molecular complexity index is 403. The van der Waals surface area contributed by atoms with Gasteiger partial charge in [0, 0.05) is 23.5 Å². The number of hydrogen-bond acceptors (Lipinski definition) is 3. The zero-order chi connectivity index (χ0) is 12.5. The molecule has 0 amide bonds. The molecule has 1 heterocycles. The van der Waals surface area contributed by atoms with Gasteiger partial charge in [0.25, 0.3) is 0 Å². The Morgan fingerprint density at radius 2 is 2.18 bits per heavy atom. The van der Waals surface area contributed by atoms with Crippen LogP contribution >= 0.6 is 11.8 Å². The molecule has 1 aliphatic rings. The second-order valence-electron chi connectivity index (χ2n) is 5.73. The standard InChI is InChI=1S/C14H21NOS/c1-10-4-5-11(6-13(10)16)15-12-7-14(2,3)9-17-8-12/h4-6,12,15-16H,7-9H2,1-3H3. The van der Waals surface area contributed by atoms with Crippen molar-refractivity contribution in [2.75, 3.05) is 16.8 Å². The third-order valence-electron chi connectivity index (χ3n) is 3.19. The highest BCUT2D eigenvalue weighted by atomic mass is 32.2. The van der Waals surface area contributed by atoms with Gasteiger partial charge in [0.2, 0.25) is 0 Å². The van der Waals surface area contributed by atoms with Gasteiger partial charge in [-0.2, -0.15) is 11.8 Å². The van der Waals surface area contributed by atoms with E-state index < -0.39 is 0 Å². The van der Waals surface area contributed by atoms with Gasteiger partial charge in [0.1, 0.15) is 5.75 Å². The van der Waals surface area contributed by atoms with Crippen LogP contribution in [0.15, 0.2) is 18.2 Å². The van der Waals surface area contributed by atoms with E-state index >= 15 is 0 Å². The fourth-order valence-electron chi connectivity index (χ4n) is 2.29. The summed E-state index contributed by atoms with van der Waals surface area (Å²) in [4.78, 5) is 0. The summed E-state index contributed by atoms with van der Waals surface area (Å²) in [6, 6.07) is 6.33. The quantitative estimate of drug-likeness (QED) is 0.841. The molecular formula is C14H21NOS. The van der Waals surface area contributed by atoms with E-state index in [9.17, 15) is 5.11 Å². The smallest absolute Gasteiger partial charge is 0.120 e. The van der Waals surface area contributed by atoms with Gasteiger partial charge < -0.3 is 10.4 Å². The molecule has 2 nitrogen and oxygen atoms in total. The number of benzene rings is 1. The predicted molar refractivity (Wildman–Crippen MR) is 76.0 cm³/mol. The lowest BCUT2D eigenvalue weighted by Crippen LogP contribution is -2.35. The van der Waals surface area contributed by atoms with E-state index in [2.05, 4.69) is 19.2 Å². The third kappa shape index (κ3) is 3.32. The molecule has 1 saturated heterocycles. The zero-order valence-electron chi connectivity index (χ0n) is 10.8. The van der Waals surface area contributed by atoms with Gasteiger partial charge in [0.15, 0.2) is 0 Å². The second-order valence-corrected chi connectivity index (χ2v) is 6.76. The van der Waals surface area contributed by atoms with Crippen LogP contribution in [0.3, 0.4) is 0 Å². The van der Waals surface area contributed by atoms with Gasteiger partial charge in [0.05, 0.1) is 0 Å². The minimum Gasteiger partial charge on any atom is -0.508 e. The SMILES string of the molecule is Cc1ccc(NC2CSCC(C)(C)C2)cc1O. The number of hydrogen-bond donors (Lipinski definition) is 2. The number of thioether (sulfide) groups is 1. The molecule has 0 bridgehead atoms. The molecule has 1 aromatic carbocycles. The first kappa shape index (κ1) is 12.6. The average molecular weight is 251 g/mol. The lowest BCUT2D eigenvalue weighted by atomic mass is 9.88. The largest absolute Gasteiger partial charge is 0.508 e. The van der Waals surface area contributed by atoms with E-state index in [-0.39, 0.29) is 0 Å². The molecule has 0 aliphatic carbocycles. The first-order valence-corrected chi connectivity index (χ1v) is 7.26. The maximum Gasteiger partial charge on any atom is 0.120 e. The van der Waals surface area contributed by atoms with Crippen molar-refractivity contribution in [3.05, 3.63) is 23.8 Å². The summed E-state index contributed by atoms with van der Waals surface area (Å²) in [6.45, 7) is 6.56. The Hall–Kier alpha value is -0.830. The fraction of sp³-hybridized carbons (Fsp3) is 0.571. The lowest BCUT2D eigenvalue weighted by Gasteiger charge is -2.35. The number of aromatic hydroxyl groups is 1. The fourth-order valence-corrected chi connectivity index (χ4v) is 3.56. The topological polar surface area (TPSA) is 32.3 Å². The van der Waals surface area contributed by atoms with Crippen molar-refractivity contribution in [1.29, 1.82) is 0 Å². The molecule has 1 unspecified atom stereocenters. The van der Waals surface area contributed by atoms with Crippen LogP contribution in [0.5, 0.6) is 5.75 Å². The average Bonchev–Trinajstić information content (AvgIpc) is 2.22. The Morgan fingerprint density at radius 3 is 2.82 bits per heavy atom. The maximum absolute atomic E-state index is 9.69. The first-order chi connectivity index (χ1) is 7.96. The van der Waals surface area contributed by atoms with Crippen molar-refractivity contribution in [3.8, 4) is 5.75 Å². The van der Waals surface area contributed by atoms with E-state index in [0.717, 1.165) is 17.0 Å². The molecule has 3 heteroatoms.